The minimum atomic E-state index is -0.262. The standard InChI is InChI=1S/C27H23NO3S/c29-22-12-8-19(9-13-22)26(20-10-14-23(30)15-11-20)24-6-1-2-7-25(24)27(31)28-21-5-3-4-18(16-21)17-32/h1-16,26,29-30,32H,17H2,(H,28,31). The molecule has 5 heteroatoms. The van der Waals surface area contributed by atoms with E-state index in [-0.39, 0.29) is 23.3 Å². The van der Waals surface area contributed by atoms with E-state index in [9.17, 15) is 15.0 Å². The number of benzene rings is 4. The molecule has 160 valence electrons. The first kappa shape index (κ1) is 21.5. The summed E-state index contributed by atoms with van der Waals surface area (Å²) in [6.07, 6.45) is 0. The average molecular weight is 442 g/mol. The molecule has 4 rings (SSSR count). The lowest BCUT2D eigenvalue weighted by Gasteiger charge is -2.22. The first-order chi connectivity index (χ1) is 15.5. The van der Waals surface area contributed by atoms with Crippen molar-refractivity contribution in [1.82, 2.24) is 0 Å². The Kier molecular flexibility index (Phi) is 6.47. The van der Waals surface area contributed by atoms with Crippen molar-refractivity contribution in [3.8, 4) is 11.5 Å². The normalized spacial score (nSPS) is 10.8. The van der Waals surface area contributed by atoms with Crippen molar-refractivity contribution in [2.75, 3.05) is 5.32 Å². The Balaban J connectivity index is 1.77. The van der Waals surface area contributed by atoms with Crippen molar-refractivity contribution in [2.45, 2.75) is 11.7 Å². The lowest BCUT2D eigenvalue weighted by molar-refractivity contribution is 0.102. The van der Waals surface area contributed by atoms with Gasteiger partial charge in [-0.25, -0.2) is 0 Å². The Hall–Kier alpha value is -3.70. The Morgan fingerprint density at radius 2 is 1.38 bits per heavy atom. The molecule has 4 aromatic rings. The van der Waals surface area contributed by atoms with E-state index in [1.807, 2.05) is 66.7 Å². The molecular formula is C27H23NO3S. The number of phenolic OH excluding ortho intramolecular Hbond substituents is 2. The van der Waals surface area contributed by atoms with Crippen LogP contribution in [0.4, 0.5) is 5.69 Å². The Morgan fingerprint density at radius 1 is 0.781 bits per heavy atom. The number of hydrogen-bond acceptors (Lipinski definition) is 4. The minimum Gasteiger partial charge on any atom is -0.508 e. The largest absolute Gasteiger partial charge is 0.508 e. The molecule has 0 bridgehead atoms. The van der Waals surface area contributed by atoms with Crippen molar-refractivity contribution in [2.24, 2.45) is 0 Å². The van der Waals surface area contributed by atoms with Crippen molar-refractivity contribution in [3.05, 3.63) is 125 Å². The van der Waals surface area contributed by atoms with Crippen LogP contribution >= 0.6 is 12.6 Å². The third-order valence-corrected chi connectivity index (χ3v) is 5.70. The molecule has 0 aromatic heterocycles. The van der Waals surface area contributed by atoms with Crippen LogP contribution in [-0.4, -0.2) is 16.1 Å². The van der Waals surface area contributed by atoms with Crippen LogP contribution in [0, 0.1) is 0 Å². The van der Waals surface area contributed by atoms with Gasteiger partial charge in [0.15, 0.2) is 0 Å². The molecule has 0 radical (unpaired) electrons. The number of amides is 1. The second-order valence-corrected chi connectivity index (χ2v) is 7.83. The molecule has 0 unspecified atom stereocenters. The molecule has 0 aliphatic carbocycles. The highest BCUT2D eigenvalue weighted by molar-refractivity contribution is 7.79. The number of anilines is 1. The quantitative estimate of drug-likeness (QED) is 0.220. The van der Waals surface area contributed by atoms with Crippen LogP contribution in [-0.2, 0) is 5.75 Å². The third-order valence-electron chi connectivity index (χ3n) is 5.34. The summed E-state index contributed by atoms with van der Waals surface area (Å²) < 4.78 is 0. The van der Waals surface area contributed by atoms with Crippen LogP contribution in [0.1, 0.15) is 38.5 Å². The van der Waals surface area contributed by atoms with Gasteiger partial charge in [-0.3, -0.25) is 4.79 Å². The highest BCUT2D eigenvalue weighted by Crippen LogP contribution is 2.35. The molecule has 0 saturated carbocycles. The molecule has 4 aromatic carbocycles. The predicted molar refractivity (Wildman–Crippen MR) is 131 cm³/mol. The number of phenols is 2. The molecular weight excluding hydrogens is 418 g/mol. The maximum absolute atomic E-state index is 13.3. The molecule has 4 nitrogen and oxygen atoms in total. The summed E-state index contributed by atoms with van der Waals surface area (Å²) in [5.41, 5.74) is 4.95. The zero-order valence-corrected chi connectivity index (χ0v) is 18.2. The van der Waals surface area contributed by atoms with Gasteiger partial charge in [0.1, 0.15) is 11.5 Å². The van der Waals surface area contributed by atoms with Crippen LogP contribution in [0.25, 0.3) is 0 Å². The first-order valence-electron chi connectivity index (χ1n) is 10.2. The van der Waals surface area contributed by atoms with Gasteiger partial charge in [0.25, 0.3) is 5.91 Å². The zero-order valence-electron chi connectivity index (χ0n) is 17.3. The van der Waals surface area contributed by atoms with Crippen molar-refractivity contribution in [3.63, 3.8) is 0 Å². The SMILES string of the molecule is O=C(Nc1cccc(CS)c1)c1ccccc1C(c1ccc(O)cc1)c1ccc(O)cc1. The predicted octanol–water partition coefficient (Wildman–Crippen LogP) is 5.96. The molecule has 0 heterocycles. The maximum atomic E-state index is 13.3. The van der Waals surface area contributed by atoms with Gasteiger partial charge in [-0.05, 0) is 64.7 Å². The molecule has 0 aliphatic rings. The van der Waals surface area contributed by atoms with Gasteiger partial charge < -0.3 is 15.5 Å². The van der Waals surface area contributed by atoms with Crippen LogP contribution in [0.15, 0.2) is 97.1 Å². The highest BCUT2D eigenvalue weighted by atomic mass is 32.1. The van der Waals surface area contributed by atoms with Crippen molar-refractivity contribution >= 4 is 24.2 Å². The summed E-state index contributed by atoms with van der Waals surface area (Å²) in [6.45, 7) is 0. The first-order valence-corrected chi connectivity index (χ1v) is 10.9. The van der Waals surface area contributed by atoms with E-state index in [2.05, 4.69) is 17.9 Å². The molecule has 0 atom stereocenters. The number of hydrogen-bond donors (Lipinski definition) is 4. The Bertz CT molecular complexity index is 1170. The fourth-order valence-corrected chi connectivity index (χ4v) is 3.98. The van der Waals surface area contributed by atoms with Crippen molar-refractivity contribution in [1.29, 1.82) is 0 Å². The Labute approximate surface area is 192 Å². The number of rotatable bonds is 6. The van der Waals surface area contributed by atoms with E-state index in [1.54, 1.807) is 30.3 Å². The summed E-state index contributed by atoms with van der Waals surface area (Å²) >= 11 is 4.31. The van der Waals surface area contributed by atoms with E-state index < -0.39 is 0 Å². The molecule has 1 amide bonds. The maximum Gasteiger partial charge on any atom is 0.255 e. The van der Waals surface area contributed by atoms with Crippen LogP contribution in [0.3, 0.4) is 0 Å². The lowest BCUT2D eigenvalue weighted by atomic mass is 9.82. The number of thiol groups is 1. The van der Waals surface area contributed by atoms with Gasteiger partial charge in [0, 0.05) is 22.9 Å². The van der Waals surface area contributed by atoms with E-state index in [0.717, 1.165) is 22.3 Å². The fourth-order valence-electron chi connectivity index (χ4n) is 3.79. The summed E-state index contributed by atoms with van der Waals surface area (Å²) in [6, 6.07) is 29.0. The van der Waals surface area contributed by atoms with Crippen molar-refractivity contribution < 1.29 is 15.0 Å². The van der Waals surface area contributed by atoms with Gasteiger partial charge in [-0.1, -0.05) is 54.6 Å². The summed E-state index contributed by atoms with van der Waals surface area (Å²) in [5.74, 6) is 0.465. The number of carbonyl (C=O) groups is 1. The van der Waals surface area contributed by atoms with Gasteiger partial charge in [-0.2, -0.15) is 12.6 Å². The summed E-state index contributed by atoms with van der Waals surface area (Å²) in [5, 5.41) is 22.5. The second-order valence-electron chi connectivity index (χ2n) is 7.52. The van der Waals surface area contributed by atoms with E-state index in [1.165, 1.54) is 0 Å². The summed E-state index contributed by atoms with van der Waals surface area (Å²) in [4.78, 5) is 13.3. The van der Waals surface area contributed by atoms with Crippen LogP contribution in [0.5, 0.6) is 11.5 Å². The van der Waals surface area contributed by atoms with E-state index in [4.69, 9.17) is 0 Å². The van der Waals surface area contributed by atoms with Crippen LogP contribution in [0.2, 0.25) is 0 Å². The summed E-state index contributed by atoms with van der Waals surface area (Å²) in [7, 11) is 0. The fraction of sp³-hybridized carbons (Fsp3) is 0.0741. The smallest absolute Gasteiger partial charge is 0.255 e. The third kappa shape index (κ3) is 4.79. The van der Waals surface area contributed by atoms with E-state index >= 15 is 0 Å². The van der Waals surface area contributed by atoms with Gasteiger partial charge in [0.05, 0.1) is 0 Å². The minimum absolute atomic E-state index is 0.174. The van der Waals surface area contributed by atoms with E-state index in [0.29, 0.717) is 17.0 Å². The van der Waals surface area contributed by atoms with Gasteiger partial charge in [-0.15, -0.1) is 0 Å². The number of aromatic hydroxyl groups is 2. The highest BCUT2D eigenvalue weighted by Gasteiger charge is 2.23. The average Bonchev–Trinajstić information content (AvgIpc) is 2.82. The molecule has 32 heavy (non-hydrogen) atoms. The second kappa shape index (κ2) is 9.62. The van der Waals surface area contributed by atoms with Gasteiger partial charge >= 0.3 is 0 Å². The molecule has 0 saturated heterocycles. The monoisotopic (exact) mass is 441 g/mol. The molecule has 0 aliphatic heterocycles. The topological polar surface area (TPSA) is 69.6 Å². The molecule has 0 spiro atoms. The number of nitrogens with one attached hydrogen (secondary N) is 1. The van der Waals surface area contributed by atoms with Crippen LogP contribution < -0.4 is 5.32 Å². The number of carbonyl (C=O) groups excluding carboxylic acids is 1. The Morgan fingerprint density at radius 3 is 1.97 bits per heavy atom. The molecule has 3 N–H and O–H groups in total. The van der Waals surface area contributed by atoms with Gasteiger partial charge in [0.2, 0.25) is 0 Å². The lowest BCUT2D eigenvalue weighted by Crippen LogP contribution is -2.17. The molecule has 0 fully saturated rings. The zero-order chi connectivity index (χ0) is 22.5.